The van der Waals surface area contributed by atoms with Crippen molar-refractivity contribution in [3.05, 3.63) is 76.3 Å². The highest BCUT2D eigenvalue weighted by Gasteiger charge is 2.24. The first-order valence-electron chi connectivity index (χ1n) is 18.3. The maximum Gasteiger partial charge on any atom is 0.209 e. The van der Waals surface area contributed by atoms with E-state index in [9.17, 15) is 9.59 Å². The van der Waals surface area contributed by atoms with Crippen molar-refractivity contribution in [3.63, 3.8) is 0 Å². The summed E-state index contributed by atoms with van der Waals surface area (Å²) < 4.78 is 1.20. The minimum atomic E-state index is 0.100. The lowest BCUT2D eigenvalue weighted by Gasteiger charge is -2.36. The van der Waals surface area contributed by atoms with E-state index in [2.05, 4.69) is 90.1 Å². The zero-order valence-electron chi connectivity index (χ0n) is 31.2. The Morgan fingerprint density at radius 1 is 0.980 bits per heavy atom. The van der Waals surface area contributed by atoms with Gasteiger partial charge in [-0.2, -0.15) is 5.06 Å². The number of amides is 1. The summed E-state index contributed by atoms with van der Waals surface area (Å²) in [6.45, 7) is 17.0. The zero-order valence-corrected chi connectivity index (χ0v) is 32.8. The summed E-state index contributed by atoms with van der Waals surface area (Å²) in [5, 5.41) is 8.49. The van der Waals surface area contributed by atoms with E-state index in [1.54, 1.807) is 0 Å². The second-order valence-electron chi connectivity index (χ2n) is 12.7. The number of benzene rings is 2. The fraction of sp³-hybridized carbons (Fsp3) is 0.600. The Kier molecular flexibility index (Phi) is 26.5. The van der Waals surface area contributed by atoms with E-state index in [1.165, 1.54) is 85.9 Å². The number of allylic oxidation sites excluding steroid dienone is 1. The maximum absolute atomic E-state index is 11.5. The van der Waals surface area contributed by atoms with E-state index in [-0.39, 0.29) is 12.6 Å². The van der Waals surface area contributed by atoms with Crippen LogP contribution >= 0.6 is 15.9 Å². The predicted molar refractivity (Wildman–Crippen MR) is 211 cm³/mol. The fourth-order valence-corrected chi connectivity index (χ4v) is 6.06. The number of hydroxylamine groups is 2. The topological polar surface area (TPSA) is 77.2 Å². The first-order chi connectivity index (χ1) is 23.8. The van der Waals surface area contributed by atoms with Gasteiger partial charge in [-0.05, 0) is 121 Å². The molecule has 0 aliphatic carbocycles. The molecule has 2 saturated heterocycles. The van der Waals surface area contributed by atoms with E-state index >= 15 is 0 Å². The Labute approximate surface area is 307 Å². The van der Waals surface area contributed by atoms with Gasteiger partial charge in [0.05, 0.1) is 0 Å². The van der Waals surface area contributed by atoms with Crippen LogP contribution in [0.15, 0.2) is 59.6 Å². The molecular weight excluding hydrogens is 678 g/mol. The molecule has 0 spiro atoms. The highest BCUT2D eigenvalue weighted by molar-refractivity contribution is 9.10. The van der Waals surface area contributed by atoms with Crippen LogP contribution in [0, 0.1) is 13.8 Å². The largest absolute Gasteiger partial charge is 0.388 e. The molecule has 2 aromatic rings. The summed E-state index contributed by atoms with van der Waals surface area (Å²) in [5.41, 5.74) is 4.91. The van der Waals surface area contributed by atoms with Crippen molar-refractivity contribution >= 4 is 34.3 Å². The highest BCUT2D eigenvalue weighted by Crippen LogP contribution is 2.19. The number of rotatable bonds is 10. The Balaban J connectivity index is 0.000000386. The quantitative estimate of drug-likeness (QED) is 0.190. The van der Waals surface area contributed by atoms with E-state index in [0.717, 1.165) is 57.2 Å². The molecule has 0 atom stereocenters. The summed E-state index contributed by atoms with van der Waals surface area (Å²) in [5.74, 6) is 0. The average Bonchev–Trinajstić information content (AvgIpc) is 3.12. The fourth-order valence-electron chi connectivity index (χ4n) is 5.56. The highest BCUT2D eigenvalue weighted by atomic mass is 79.9. The van der Waals surface area contributed by atoms with E-state index in [1.807, 2.05) is 41.3 Å². The maximum atomic E-state index is 11.5. The molecule has 9 heteroatoms. The number of carbonyl (C=O) groups excluding carboxylic acids is 2. The van der Waals surface area contributed by atoms with Gasteiger partial charge in [0.1, 0.15) is 12.9 Å². The summed E-state index contributed by atoms with van der Waals surface area (Å²) in [4.78, 5) is 31.4. The molecule has 0 aromatic heterocycles. The Morgan fingerprint density at radius 2 is 1.63 bits per heavy atom. The van der Waals surface area contributed by atoms with Crippen LogP contribution < -0.4 is 10.6 Å². The van der Waals surface area contributed by atoms with Crippen molar-refractivity contribution < 1.29 is 14.4 Å². The van der Waals surface area contributed by atoms with Gasteiger partial charge in [-0.15, -0.1) is 6.58 Å². The van der Waals surface area contributed by atoms with E-state index in [0.29, 0.717) is 6.54 Å². The second kappa shape index (κ2) is 29.2. The lowest BCUT2D eigenvalue weighted by molar-refractivity contribution is -0.175. The molecule has 0 bridgehead atoms. The minimum absolute atomic E-state index is 0.100. The van der Waals surface area contributed by atoms with Gasteiger partial charge in [0, 0.05) is 42.9 Å². The molecule has 2 heterocycles. The SMILES string of the molecule is C=CCC.CN1CCCCCCCNCCC1.CNc1ccccc1CCN(C=O)C1CCN(OCC=O)CC1.Cc1ccc(C)c(Br)c1. The van der Waals surface area contributed by atoms with Crippen molar-refractivity contribution in [2.24, 2.45) is 0 Å². The molecule has 0 unspecified atom stereocenters. The molecule has 1 amide bonds. The molecule has 2 aliphatic heterocycles. The van der Waals surface area contributed by atoms with E-state index in [4.69, 9.17) is 4.84 Å². The molecule has 2 aromatic carbocycles. The molecule has 2 N–H and O–H groups in total. The lowest BCUT2D eigenvalue weighted by atomic mass is 10.0. The number of nitrogens with zero attached hydrogens (tertiary/aromatic N) is 3. The number of para-hydroxylation sites is 1. The van der Waals surface area contributed by atoms with Crippen molar-refractivity contribution in [2.75, 3.05) is 71.8 Å². The van der Waals surface area contributed by atoms with Crippen LogP contribution in [0.2, 0.25) is 0 Å². The number of piperidine rings is 1. The van der Waals surface area contributed by atoms with Crippen LogP contribution in [0.25, 0.3) is 0 Å². The van der Waals surface area contributed by atoms with Crippen LogP contribution in [0.1, 0.15) is 81.4 Å². The third-order valence-electron chi connectivity index (χ3n) is 8.68. The van der Waals surface area contributed by atoms with Crippen LogP contribution in [0.3, 0.4) is 0 Å². The number of halogens is 1. The Morgan fingerprint density at radius 3 is 2.27 bits per heavy atom. The monoisotopic (exact) mass is 743 g/mol. The smallest absolute Gasteiger partial charge is 0.209 e. The molecule has 4 rings (SSSR count). The lowest BCUT2D eigenvalue weighted by Crippen LogP contribution is -2.45. The van der Waals surface area contributed by atoms with E-state index < -0.39 is 0 Å². The van der Waals surface area contributed by atoms with Gasteiger partial charge >= 0.3 is 0 Å². The normalized spacial score (nSPS) is 16.4. The van der Waals surface area contributed by atoms with Crippen LogP contribution in [0.5, 0.6) is 0 Å². The zero-order chi connectivity index (χ0) is 36.1. The third kappa shape index (κ3) is 21.3. The Bertz CT molecular complexity index is 1130. The van der Waals surface area contributed by atoms with Crippen LogP contribution in [-0.2, 0) is 20.8 Å². The number of aryl methyl sites for hydroxylation is 2. The van der Waals surface area contributed by atoms with Crippen molar-refractivity contribution in [1.29, 1.82) is 0 Å². The van der Waals surface area contributed by atoms with Gasteiger partial charge in [-0.25, -0.2) is 0 Å². The molecule has 0 saturated carbocycles. The molecule has 8 nitrogen and oxygen atoms in total. The predicted octanol–water partition coefficient (Wildman–Crippen LogP) is 7.83. The molecule has 2 aliphatic rings. The first kappa shape index (κ1) is 44.5. The number of carbonyl (C=O) groups is 2. The minimum Gasteiger partial charge on any atom is -0.388 e. The number of anilines is 1. The van der Waals surface area contributed by atoms with Gasteiger partial charge < -0.3 is 25.2 Å². The summed E-state index contributed by atoms with van der Waals surface area (Å²) >= 11 is 3.45. The number of hydrogen-bond acceptors (Lipinski definition) is 7. The van der Waals surface area contributed by atoms with Gasteiger partial charge in [-0.3, -0.25) is 9.63 Å². The number of nitrogens with one attached hydrogen (secondary N) is 2. The summed E-state index contributed by atoms with van der Waals surface area (Å²) in [7, 11) is 4.15. The number of hydrogen-bond donors (Lipinski definition) is 2. The standard InChI is InChI=1S/C17H25N3O3.C11H24N2.C8H9Br.C4H8/c1-18-17-5-3-2-4-15(17)6-9-19(14-22)16-7-10-20(11-8-16)23-13-12-21;1-13-10-6-4-2-3-5-8-12-9-7-11-13;1-6-3-4-7(2)8(9)5-6;1-3-4-2/h2-5,12,14,16,18H,6-11,13H2,1H3;12H,2-11H2,1H3;3-5H,1-2H3;3H,1,4H2,2H3. The van der Waals surface area contributed by atoms with Gasteiger partial charge in [-0.1, -0.05) is 78.5 Å². The summed E-state index contributed by atoms with van der Waals surface area (Å²) in [6, 6.07) is 14.7. The molecular formula is C40H66BrN5O3. The van der Waals surface area contributed by atoms with Gasteiger partial charge in [0.25, 0.3) is 0 Å². The van der Waals surface area contributed by atoms with Crippen molar-refractivity contribution in [2.45, 2.75) is 91.0 Å². The third-order valence-corrected chi connectivity index (χ3v) is 9.54. The molecule has 49 heavy (non-hydrogen) atoms. The van der Waals surface area contributed by atoms with Crippen LogP contribution in [-0.4, -0.2) is 100 Å². The van der Waals surface area contributed by atoms with Crippen molar-refractivity contribution in [3.8, 4) is 0 Å². The second-order valence-corrected chi connectivity index (χ2v) is 13.6. The molecule has 0 radical (unpaired) electrons. The molecule has 2 fully saturated rings. The molecule has 276 valence electrons. The van der Waals surface area contributed by atoms with Crippen molar-refractivity contribution in [1.82, 2.24) is 20.2 Å². The Hall–Kier alpha value is -2.56. The van der Waals surface area contributed by atoms with Gasteiger partial charge in [0.15, 0.2) is 0 Å². The van der Waals surface area contributed by atoms with Crippen LogP contribution in [0.4, 0.5) is 5.69 Å². The first-order valence-corrected chi connectivity index (χ1v) is 19.1. The average molecular weight is 745 g/mol. The summed E-state index contributed by atoms with van der Waals surface area (Å²) in [6.07, 6.45) is 15.6. The number of aldehydes is 1. The van der Waals surface area contributed by atoms with Gasteiger partial charge in [0.2, 0.25) is 6.41 Å².